The average Bonchev–Trinajstić information content (AvgIpc) is 3.35. The van der Waals surface area contributed by atoms with Crippen LogP contribution in [0.3, 0.4) is 0 Å². The molecular weight excluding hydrogens is 404 g/mol. The van der Waals surface area contributed by atoms with E-state index in [1.54, 1.807) is 23.0 Å². The number of rotatable bonds is 3. The first-order valence-corrected chi connectivity index (χ1v) is 9.76. The molecule has 0 radical (unpaired) electrons. The molecule has 2 amide bonds. The number of carbonyl (C=O) groups is 2. The number of fused-ring (bicyclic) bond motifs is 1. The number of likely N-dealkylation sites (tertiary alicyclic amines) is 1. The van der Waals surface area contributed by atoms with Gasteiger partial charge in [0.05, 0.1) is 17.9 Å². The molecule has 0 unspecified atom stereocenters. The Hall–Kier alpha value is -2.91. The summed E-state index contributed by atoms with van der Waals surface area (Å²) in [5.41, 5.74) is 2.33. The molecule has 0 bridgehead atoms. The molecule has 2 heterocycles. The van der Waals surface area contributed by atoms with Crippen LogP contribution in [0.5, 0.6) is 0 Å². The third kappa shape index (κ3) is 3.78. The Kier molecular flexibility index (Phi) is 5.25. The summed E-state index contributed by atoms with van der Waals surface area (Å²) in [6, 6.07) is 4.33. The molecule has 6 nitrogen and oxygen atoms in total. The van der Waals surface area contributed by atoms with Crippen LogP contribution in [0.1, 0.15) is 43.0 Å². The predicted molar refractivity (Wildman–Crippen MR) is 98.1 cm³/mol. The van der Waals surface area contributed by atoms with Crippen LogP contribution in [0.4, 0.5) is 17.6 Å². The van der Waals surface area contributed by atoms with E-state index in [1.165, 1.54) is 12.1 Å². The van der Waals surface area contributed by atoms with Crippen LogP contribution in [0, 0.1) is 5.82 Å². The quantitative estimate of drug-likeness (QED) is 0.771. The summed E-state index contributed by atoms with van der Waals surface area (Å²) in [5, 5.41) is 7.17. The maximum Gasteiger partial charge on any atom is 0.471 e. The molecule has 2 aliphatic rings. The molecule has 1 aromatic heterocycles. The van der Waals surface area contributed by atoms with Crippen LogP contribution in [-0.2, 0) is 16.0 Å². The van der Waals surface area contributed by atoms with Gasteiger partial charge in [0.15, 0.2) is 0 Å². The largest absolute Gasteiger partial charge is 0.471 e. The topological polar surface area (TPSA) is 67.2 Å². The molecule has 0 spiro atoms. The van der Waals surface area contributed by atoms with Crippen molar-refractivity contribution in [3.8, 4) is 5.69 Å². The molecule has 1 aliphatic carbocycles. The lowest BCUT2D eigenvalue weighted by Gasteiger charge is -2.29. The van der Waals surface area contributed by atoms with E-state index >= 15 is 0 Å². The Morgan fingerprint density at radius 3 is 2.53 bits per heavy atom. The van der Waals surface area contributed by atoms with Gasteiger partial charge in [0, 0.05) is 17.8 Å². The number of benzene rings is 1. The van der Waals surface area contributed by atoms with E-state index in [9.17, 15) is 27.2 Å². The highest BCUT2D eigenvalue weighted by molar-refractivity contribution is 5.90. The van der Waals surface area contributed by atoms with E-state index in [2.05, 4.69) is 10.4 Å². The van der Waals surface area contributed by atoms with Gasteiger partial charge in [-0.15, -0.1) is 0 Å². The highest BCUT2D eigenvalue weighted by atomic mass is 19.4. The number of nitrogens with zero attached hydrogens (tertiary/aromatic N) is 3. The van der Waals surface area contributed by atoms with E-state index < -0.39 is 30.1 Å². The summed E-state index contributed by atoms with van der Waals surface area (Å²) in [6.07, 6.45) is -0.761. The number of amides is 2. The maximum absolute atomic E-state index is 13.2. The van der Waals surface area contributed by atoms with E-state index in [4.69, 9.17) is 0 Å². The maximum atomic E-state index is 13.2. The molecule has 4 rings (SSSR count). The first kappa shape index (κ1) is 20.4. The summed E-state index contributed by atoms with van der Waals surface area (Å²) in [6.45, 7) is -0.0884. The summed E-state index contributed by atoms with van der Waals surface area (Å²) in [4.78, 5) is 25.0. The second-order valence-corrected chi connectivity index (χ2v) is 7.54. The fourth-order valence-corrected chi connectivity index (χ4v) is 4.22. The number of aromatic nitrogens is 2. The first-order chi connectivity index (χ1) is 14.3. The minimum atomic E-state index is -5.00. The fraction of sp³-hybridized carbons (Fsp3) is 0.450. The van der Waals surface area contributed by atoms with Gasteiger partial charge >= 0.3 is 12.1 Å². The van der Waals surface area contributed by atoms with Crippen molar-refractivity contribution < 1.29 is 27.2 Å². The van der Waals surface area contributed by atoms with Crippen molar-refractivity contribution in [1.29, 1.82) is 0 Å². The molecule has 30 heavy (non-hydrogen) atoms. The summed E-state index contributed by atoms with van der Waals surface area (Å²) >= 11 is 0. The van der Waals surface area contributed by atoms with E-state index in [1.807, 2.05) is 0 Å². The number of nitrogens with one attached hydrogen (secondary N) is 1. The lowest BCUT2D eigenvalue weighted by molar-refractivity contribution is -0.186. The van der Waals surface area contributed by atoms with Crippen molar-refractivity contribution in [2.45, 2.75) is 50.4 Å². The zero-order chi connectivity index (χ0) is 21.5. The van der Waals surface area contributed by atoms with Gasteiger partial charge in [-0.05, 0) is 56.4 Å². The van der Waals surface area contributed by atoms with Gasteiger partial charge in [0.1, 0.15) is 11.9 Å². The number of hydrogen-bond acceptors (Lipinski definition) is 3. The van der Waals surface area contributed by atoms with Crippen molar-refractivity contribution in [3.63, 3.8) is 0 Å². The molecule has 2 atom stereocenters. The van der Waals surface area contributed by atoms with Crippen LogP contribution < -0.4 is 5.32 Å². The lowest BCUT2D eigenvalue weighted by Crippen LogP contribution is -2.50. The SMILES string of the molecule is O=C(N[C@H]1CCCc2c1cnn2-c1ccc(F)cc1)[C@@H]1CCCN1C(=O)C(F)(F)F. The number of halogens is 4. The van der Waals surface area contributed by atoms with Crippen molar-refractivity contribution in [2.75, 3.05) is 6.54 Å². The first-order valence-electron chi connectivity index (χ1n) is 9.76. The van der Waals surface area contributed by atoms with E-state index in [-0.39, 0.29) is 18.8 Å². The second-order valence-electron chi connectivity index (χ2n) is 7.54. The minimum absolute atomic E-state index is 0.0884. The molecule has 160 valence electrons. The minimum Gasteiger partial charge on any atom is -0.347 e. The molecule has 2 aromatic rings. The zero-order valence-electron chi connectivity index (χ0n) is 16.0. The van der Waals surface area contributed by atoms with Gasteiger partial charge in [0.2, 0.25) is 5.91 Å². The predicted octanol–water partition coefficient (Wildman–Crippen LogP) is 3.06. The molecular formula is C20H20F4N4O2. The van der Waals surface area contributed by atoms with Crippen LogP contribution in [0.25, 0.3) is 5.69 Å². The highest BCUT2D eigenvalue weighted by Gasteiger charge is 2.48. The molecule has 10 heteroatoms. The fourth-order valence-electron chi connectivity index (χ4n) is 4.22. The average molecular weight is 424 g/mol. The van der Waals surface area contributed by atoms with Gasteiger partial charge in [-0.3, -0.25) is 9.59 Å². The molecule has 1 fully saturated rings. The van der Waals surface area contributed by atoms with Crippen LogP contribution in [0.2, 0.25) is 0 Å². The summed E-state index contributed by atoms with van der Waals surface area (Å²) in [7, 11) is 0. The molecule has 0 saturated carbocycles. The van der Waals surface area contributed by atoms with E-state index in [0.29, 0.717) is 29.8 Å². The third-order valence-corrected chi connectivity index (χ3v) is 5.63. The van der Waals surface area contributed by atoms with Crippen LogP contribution in [0.15, 0.2) is 30.5 Å². The van der Waals surface area contributed by atoms with Crippen molar-refractivity contribution in [2.24, 2.45) is 0 Å². The van der Waals surface area contributed by atoms with Crippen LogP contribution in [-0.4, -0.2) is 45.3 Å². The van der Waals surface area contributed by atoms with Crippen molar-refractivity contribution >= 4 is 11.8 Å². The van der Waals surface area contributed by atoms with Gasteiger partial charge < -0.3 is 10.2 Å². The summed E-state index contributed by atoms with van der Waals surface area (Å²) in [5.74, 6) is -2.93. The third-order valence-electron chi connectivity index (χ3n) is 5.63. The monoisotopic (exact) mass is 424 g/mol. The van der Waals surface area contributed by atoms with Gasteiger partial charge in [0.25, 0.3) is 0 Å². The highest BCUT2D eigenvalue weighted by Crippen LogP contribution is 2.32. The standard InChI is InChI=1S/C20H20F4N4O2/c21-12-6-8-13(9-7-12)28-16-4-1-3-15(14(16)11-25-28)26-18(29)17-5-2-10-27(17)19(30)20(22,23)24/h6-9,11,15,17H,1-5,10H2,(H,26,29)/t15-,17-/m0/s1. The summed E-state index contributed by atoms with van der Waals surface area (Å²) < 4.78 is 53.4. The van der Waals surface area contributed by atoms with Gasteiger partial charge in [-0.2, -0.15) is 18.3 Å². The molecule has 1 aromatic carbocycles. The van der Waals surface area contributed by atoms with Crippen LogP contribution >= 0.6 is 0 Å². The van der Waals surface area contributed by atoms with Crippen molar-refractivity contribution in [3.05, 3.63) is 47.5 Å². The van der Waals surface area contributed by atoms with Gasteiger partial charge in [-0.25, -0.2) is 9.07 Å². The molecule has 1 aliphatic heterocycles. The number of carbonyl (C=O) groups excluding carboxylic acids is 2. The second kappa shape index (κ2) is 7.73. The Labute approximate surface area is 169 Å². The Bertz CT molecular complexity index is 955. The number of alkyl halides is 3. The molecule has 1 N–H and O–H groups in total. The molecule has 1 saturated heterocycles. The lowest BCUT2D eigenvalue weighted by atomic mass is 9.92. The smallest absolute Gasteiger partial charge is 0.347 e. The Balaban J connectivity index is 1.52. The normalized spacial score (nSPS) is 21.4. The Morgan fingerprint density at radius 1 is 1.10 bits per heavy atom. The Morgan fingerprint density at radius 2 is 1.83 bits per heavy atom. The zero-order valence-corrected chi connectivity index (χ0v) is 16.0. The van der Waals surface area contributed by atoms with E-state index in [0.717, 1.165) is 17.7 Å². The number of hydrogen-bond donors (Lipinski definition) is 1. The van der Waals surface area contributed by atoms with Crippen molar-refractivity contribution in [1.82, 2.24) is 20.0 Å². The van der Waals surface area contributed by atoms with Gasteiger partial charge in [-0.1, -0.05) is 0 Å².